The van der Waals surface area contributed by atoms with Crippen LogP contribution >= 0.6 is 11.3 Å². The first-order valence-corrected chi connectivity index (χ1v) is 9.75. The lowest BCUT2D eigenvalue weighted by Gasteiger charge is -2.39. The van der Waals surface area contributed by atoms with Crippen LogP contribution in [0.15, 0.2) is 41.1 Å². The van der Waals surface area contributed by atoms with Crippen LogP contribution in [0.3, 0.4) is 0 Å². The van der Waals surface area contributed by atoms with E-state index in [2.05, 4.69) is 33.9 Å². The van der Waals surface area contributed by atoms with Crippen molar-refractivity contribution in [1.82, 2.24) is 9.80 Å². The number of likely N-dealkylation sites (N-methyl/N-ethyl adjacent to an activating group) is 1. The number of rotatable bonds is 3. The minimum absolute atomic E-state index is 0.0324. The first-order valence-electron chi connectivity index (χ1n) is 8.81. The first-order chi connectivity index (χ1) is 12.1. The van der Waals surface area contributed by atoms with E-state index in [9.17, 15) is 4.79 Å². The number of carbonyl (C=O) groups excluding carboxylic acids is 1. The van der Waals surface area contributed by atoms with Crippen LogP contribution in [0.5, 0.6) is 0 Å². The number of amides is 1. The molecule has 3 heterocycles. The topological polar surface area (TPSA) is 32.8 Å². The van der Waals surface area contributed by atoms with Gasteiger partial charge in [0.25, 0.3) is 5.91 Å². The Morgan fingerprint density at radius 1 is 1.28 bits per heavy atom. The summed E-state index contributed by atoms with van der Waals surface area (Å²) >= 11 is 1.75. The van der Waals surface area contributed by atoms with Crippen LogP contribution in [0.4, 0.5) is 0 Å². The molecule has 1 aromatic carbocycles. The molecule has 1 fully saturated rings. The molecule has 1 atom stereocenters. The molecule has 0 radical (unpaired) electrons. The van der Waals surface area contributed by atoms with E-state index in [0.29, 0.717) is 0 Å². The van der Waals surface area contributed by atoms with Gasteiger partial charge in [0.1, 0.15) is 0 Å². The second-order valence-electron chi connectivity index (χ2n) is 7.22. The van der Waals surface area contributed by atoms with Gasteiger partial charge in [0.2, 0.25) is 0 Å². The highest BCUT2D eigenvalue weighted by Gasteiger charge is 2.48. The normalized spacial score (nSPS) is 22.1. The Morgan fingerprint density at radius 3 is 2.72 bits per heavy atom. The van der Waals surface area contributed by atoms with Crippen LogP contribution in [0.25, 0.3) is 0 Å². The Balaban J connectivity index is 1.54. The number of hydrogen-bond donors (Lipinski definition) is 0. The third-order valence-electron chi connectivity index (χ3n) is 5.39. The lowest BCUT2D eigenvalue weighted by atomic mass is 9.83. The van der Waals surface area contributed by atoms with Crippen molar-refractivity contribution >= 4 is 17.2 Å². The third kappa shape index (κ3) is 3.01. The van der Waals surface area contributed by atoms with E-state index in [1.54, 1.807) is 30.3 Å². The molecule has 2 aliphatic heterocycles. The average molecular weight is 356 g/mol. The molecular weight excluding hydrogens is 332 g/mol. The maximum absolute atomic E-state index is 12.6. The second-order valence-corrected chi connectivity index (χ2v) is 8.00. The molecule has 0 bridgehead atoms. The lowest BCUT2D eigenvalue weighted by Crippen LogP contribution is -2.42. The predicted molar refractivity (Wildman–Crippen MR) is 99.5 cm³/mol. The van der Waals surface area contributed by atoms with Gasteiger partial charge in [0.15, 0.2) is 6.10 Å². The van der Waals surface area contributed by atoms with Crippen molar-refractivity contribution in [3.8, 4) is 0 Å². The Kier molecular flexibility index (Phi) is 4.40. The molecule has 4 nitrogen and oxygen atoms in total. The largest absolute Gasteiger partial charge is 0.352 e. The highest BCUT2D eigenvalue weighted by atomic mass is 32.1. The van der Waals surface area contributed by atoms with E-state index in [1.807, 2.05) is 12.1 Å². The molecule has 0 unspecified atom stereocenters. The maximum Gasteiger partial charge on any atom is 0.255 e. The molecule has 132 valence electrons. The Labute approximate surface area is 153 Å². The van der Waals surface area contributed by atoms with Crippen molar-refractivity contribution in [3.63, 3.8) is 0 Å². The van der Waals surface area contributed by atoms with E-state index in [1.165, 1.54) is 11.1 Å². The summed E-state index contributed by atoms with van der Waals surface area (Å²) in [4.78, 5) is 16.7. The first kappa shape index (κ1) is 16.8. The number of ether oxygens (including phenoxy) is 1. The summed E-state index contributed by atoms with van der Waals surface area (Å²) in [6.07, 6.45) is 1.41. The van der Waals surface area contributed by atoms with Gasteiger partial charge in [-0.05, 0) is 46.4 Å². The minimum Gasteiger partial charge on any atom is -0.352 e. The minimum atomic E-state index is -0.463. The Hall–Kier alpha value is -1.69. The van der Waals surface area contributed by atoms with Gasteiger partial charge in [-0.2, -0.15) is 11.3 Å². The zero-order chi connectivity index (χ0) is 17.4. The van der Waals surface area contributed by atoms with Crippen LogP contribution in [0.2, 0.25) is 0 Å². The van der Waals surface area contributed by atoms with Gasteiger partial charge in [0.05, 0.1) is 5.60 Å². The molecule has 1 spiro atoms. The van der Waals surface area contributed by atoms with E-state index < -0.39 is 6.10 Å². The van der Waals surface area contributed by atoms with Crippen molar-refractivity contribution in [3.05, 3.63) is 57.8 Å². The van der Waals surface area contributed by atoms with Crippen LogP contribution in [0.1, 0.15) is 35.6 Å². The van der Waals surface area contributed by atoms with Crippen LogP contribution in [-0.4, -0.2) is 42.9 Å². The molecule has 0 aliphatic carbocycles. The summed E-state index contributed by atoms with van der Waals surface area (Å²) in [7, 11) is 3.59. The maximum atomic E-state index is 12.6. The molecule has 25 heavy (non-hydrogen) atoms. The van der Waals surface area contributed by atoms with Crippen molar-refractivity contribution in [2.24, 2.45) is 0 Å². The molecule has 1 aromatic heterocycles. The van der Waals surface area contributed by atoms with Gasteiger partial charge in [-0.15, -0.1) is 0 Å². The Morgan fingerprint density at radius 2 is 2.04 bits per heavy atom. The summed E-state index contributed by atoms with van der Waals surface area (Å²) in [5, 5.41) is 4.35. The van der Waals surface area contributed by atoms with E-state index in [-0.39, 0.29) is 11.5 Å². The number of benzene rings is 1. The van der Waals surface area contributed by atoms with Gasteiger partial charge >= 0.3 is 0 Å². The standard InChI is InChI=1S/C20H24N2O2S/c1-21(2)19(23)18-16-5-3-4-6-17(16)20(24-18)8-10-22(11-9-20)13-15-7-12-25-14-15/h3-7,12,14,18H,8-11,13H2,1-2H3/t18-/m1/s1. The number of thiophene rings is 1. The summed E-state index contributed by atoms with van der Waals surface area (Å²) < 4.78 is 6.45. The fourth-order valence-corrected chi connectivity index (χ4v) is 4.67. The van der Waals surface area contributed by atoms with Gasteiger partial charge in [0, 0.05) is 33.7 Å². The summed E-state index contributed by atoms with van der Waals surface area (Å²) in [6.45, 7) is 2.99. The smallest absolute Gasteiger partial charge is 0.255 e. The fourth-order valence-electron chi connectivity index (χ4n) is 4.01. The van der Waals surface area contributed by atoms with E-state index in [4.69, 9.17) is 4.74 Å². The number of carbonyl (C=O) groups is 1. The van der Waals surface area contributed by atoms with E-state index >= 15 is 0 Å². The van der Waals surface area contributed by atoms with Gasteiger partial charge in [-0.3, -0.25) is 9.69 Å². The highest BCUT2D eigenvalue weighted by molar-refractivity contribution is 7.07. The number of piperidine rings is 1. The molecule has 5 heteroatoms. The zero-order valence-corrected chi connectivity index (χ0v) is 15.6. The quantitative estimate of drug-likeness (QED) is 0.845. The molecule has 2 aromatic rings. The summed E-state index contributed by atoms with van der Waals surface area (Å²) in [5.74, 6) is 0.0324. The number of fused-ring (bicyclic) bond motifs is 2. The number of likely N-dealkylation sites (tertiary alicyclic amines) is 1. The highest BCUT2D eigenvalue weighted by Crippen LogP contribution is 2.49. The van der Waals surface area contributed by atoms with E-state index in [0.717, 1.165) is 38.0 Å². The monoisotopic (exact) mass is 356 g/mol. The number of nitrogens with zero attached hydrogens (tertiary/aromatic N) is 2. The van der Waals surface area contributed by atoms with Crippen LogP contribution < -0.4 is 0 Å². The molecular formula is C20H24N2O2S. The third-order valence-corrected chi connectivity index (χ3v) is 6.12. The van der Waals surface area contributed by atoms with Crippen molar-refractivity contribution < 1.29 is 9.53 Å². The lowest BCUT2D eigenvalue weighted by molar-refractivity contribution is -0.158. The molecule has 2 aliphatic rings. The molecule has 1 saturated heterocycles. The summed E-state index contributed by atoms with van der Waals surface area (Å²) in [6, 6.07) is 10.5. The van der Waals surface area contributed by atoms with Gasteiger partial charge < -0.3 is 9.64 Å². The summed E-state index contributed by atoms with van der Waals surface area (Å²) in [5.41, 5.74) is 3.34. The fraction of sp³-hybridized carbons (Fsp3) is 0.450. The number of hydrogen-bond acceptors (Lipinski definition) is 4. The SMILES string of the molecule is CN(C)C(=O)[C@@H]1OC2(CCN(Cc3ccsc3)CC2)c2ccccc21. The van der Waals surface area contributed by atoms with Crippen LogP contribution in [0, 0.1) is 0 Å². The Bertz CT molecular complexity index is 749. The zero-order valence-electron chi connectivity index (χ0n) is 14.8. The van der Waals surface area contributed by atoms with Crippen molar-refractivity contribution in [1.29, 1.82) is 0 Å². The second kappa shape index (κ2) is 6.56. The average Bonchev–Trinajstić information content (AvgIpc) is 3.24. The van der Waals surface area contributed by atoms with Gasteiger partial charge in [-0.1, -0.05) is 24.3 Å². The predicted octanol–water partition coefficient (Wildman–Crippen LogP) is 3.40. The van der Waals surface area contributed by atoms with Crippen molar-refractivity contribution in [2.45, 2.75) is 31.1 Å². The molecule has 0 N–H and O–H groups in total. The molecule has 1 amide bonds. The molecule has 4 rings (SSSR count). The van der Waals surface area contributed by atoms with Gasteiger partial charge in [-0.25, -0.2) is 0 Å². The van der Waals surface area contributed by atoms with Crippen molar-refractivity contribution in [2.75, 3.05) is 27.2 Å². The molecule has 0 saturated carbocycles. The van der Waals surface area contributed by atoms with Crippen LogP contribution in [-0.2, 0) is 21.7 Å².